The molecule has 4 nitrogen and oxygen atoms in total. The SMILES string of the molecule is COc1cccc(N(C)C(=S)Oc2ccccc2C(C)(C)C)n1. The number of aromatic nitrogens is 1. The number of nitrogens with zero attached hydrogens (tertiary/aromatic N) is 2. The molecule has 0 radical (unpaired) electrons. The van der Waals surface area contributed by atoms with Gasteiger partial charge < -0.3 is 9.47 Å². The summed E-state index contributed by atoms with van der Waals surface area (Å²) in [6.07, 6.45) is 0. The fourth-order valence-electron chi connectivity index (χ4n) is 2.14. The molecule has 0 aliphatic carbocycles. The fraction of sp³-hybridized carbons (Fsp3) is 0.333. The minimum atomic E-state index is -0.0288. The number of rotatable bonds is 3. The Balaban J connectivity index is 2.22. The molecule has 0 spiro atoms. The molecule has 2 aromatic rings. The van der Waals surface area contributed by atoms with Gasteiger partial charge in [0.1, 0.15) is 11.6 Å². The van der Waals surface area contributed by atoms with E-state index in [1.54, 1.807) is 18.1 Å². The highest BCUT2D eigenvalue weighted by atomic mass is 32.1. The molecule has 1 aromatic heterocycles. The number of hydrogen-bond acceptors (Lipinski definition) is 4. The van der Waals surface area contributed by atoms with Gasteiger partial charge in [-0.1, -0.05) is 45.0 Å². The molecule has 0 atom stereocenters. The van der Waals surface area contributed by atoms with Crippen LogP contribution >= 0.6 is 12.2 Å². The van der Waals surface area contributed by atoms with Gasteiger partial charge in [0.05, 0.1) is 7.11 Å². The number of ether oxygens (including phenoxy) is 2. The first-order valence-electron chi connectivity index (χ1n) is 7.39. The van der Waals surface area contributed by atoms with Crippen molar-refractivity contribution in [3.8, 4) is 11.6 Å². The van der Waals surface area contributed by atoms with E-state index in [9.17, 15) is 0 Å². The largest absolute Gasteiger partial charge is 0.481 e. The first-order chi connectivity index (χ1) is 10.8. The third-order valence-corrected chi connectivity index (χ3v) is 3.79. The van der Waals surface area contributed by atoms with Crippen LogP contribution in [-0.4, -0.2) is 24.3 Å². The number of hydrogen-bond donors (Lipinski definition) is 0. The molecular formula is C18H22N2O2S. The lowest BCUT2D eigenvalue weighted by atomic mass is 9.86. The quantitative estimate of drug-likeness (QED) is 0.789. The summed E-state index contributed by atoms with van der Waals surface area (Å²) in [6, 6.07) is 13.4. The van der Waals surface area contributed by atoms with Crippen molar-refractivity contribution < 1.29 is 9.47 Å². The molecule has 0 fully saturated rings. The Morgan fingerprint density at radius 3 is 2.43 bits per heavy atom. The van der Waals surface area contributed by atoms with Crippen LogP contribution in [-0.2, 0) is 5.41 Å². The Kier molecular flexibility index (Phi) is 5.21. The van der Waals surface area contributed by atoms with Crippen LogP contribution < -0.4 is 14.4 Å². The van der Waals surface area contributed by atoms with E-state index in [-0.39, 0.29) is 5.41 Å². The molecule has 0 amide bonds. The molecule has 23 heavy (non-hydrogen) atoms. The van der Waals surface area contributed by atoms with Crippen LogP contribution in [0, 0.1) is 0 Å². The van der Waals surface area contributed by atoms with Crippen molar-refractivity contribution in [1.82, 2.24) is 4.98 Å². The van der Waals surface area contributed by atoms with Crippen molar-refractivity contribution in [3.63, 3.8) is 0 Å². The Hall–Kier alpha value is -2.14. The van der Waals surface area contributed by atoms with E-state index in [4.69, 9.17) is 21.7 Å². The smallest absolute Gasteiger partial charge is 0.270 e. The van der Waals surface area contributed by atoms with Crippen molar-refractivity contribution in [3.05, 3.63) is 48.0 Å². The molecule has 122 valence electrons. The van der Waals surface area contributed by atoms with Gasteiger partial charge in [-0.25, -0.2) is 0 Å². The van der Waals surface area contributed by atoms with Gasteiger partial charge >= 0.3 is 0 Å². The third-order valence-electron chi connectivity index (χ3n) is 3.43. The summed E-state index contributed by atoms with van der Waals surface area (Å²) in [7, 11) is 3.41. The fourth-order valence-corrected chi connectivity index (χ4v) is 2.32. The van der Waals surface area contributed by atoms with Gasteiger partial charge in [-0.05, 0) is 29.8 Å². The van der Waals surface area contributed by atoms with Gasteiger partial charge in [-0.3, -0.25) is 4.90 Å². The van der Waals surface area contributed by atoms with Crippen LogP contribution in [0.3, 0.4) is 0 Å². The Bertz CT molecular complexity index is 695. The summed E-state index contributed by atoms with van der Waals surface area (Å²) in [5, 5.41) is 0.336. The highest BCUT2D eigenvalue weighted by molar-refractivity contribution is 7.80. The van der Waals surface area contributed by atoms with Crippen molar-refractivity contribution in [2.24, 2.45) is 0 Å². The number of thiocarbonyl (C=S) groups is 1. The summed E-state index contributed by atoms with van der Waals surface area (Å²) in [5.74, 6) is 1.97. The second-order valence-corrected chi connectivity index (χ2v) is 6.56. The minimum Gasteiger partial charge on any atom is -0.481 e. The molecule has 0 bridgehead atoms. The Labute approximate surface area is 143 Å². The van der Waals surface area contributed by atoms with Crippen LogP contribution in [0.5, 0.6) is 11.6 Å². The zero-order valence-electron chi connectivity index (χ0n) is 14.2. The van der Waals surface area contributed by atoms with Gasteiger partial charge in [0.2, 0.25) is 5.88 Å². The van der Waals surface area contributed by atoms with E-state index in [1.807, 2.05) is 37.4 Å². The molecule has 0 saturated carbocycles. The van der Waals surface area contributed by atoms with E-state index in [0.29, 0.717) is 16.9 Å². The van der Waals surface area contributed by atoms with Crippen LogP contribution in [0.4, 0.5) is 5.82 Å². The van der Waals surface area contributed by atoms with Crippen molar-refractivity contribution in [2.45, 2.75) is 26.2 Å². The van der Waals surface area contributed by atoms with E-state index in [2.05, 4.69) is 31.8 Å². The summed E-state index contributed by atoms with van der Waals surface area (Å²) in [4.78, 5) is 6.08. The first-order valence-corrected chi connectivity index (χ1v) is 7.80. The van der Waals surface area contributed by atoms with Gasteiger partial charge in [0, 0.05) is 18.7 Å². The molecule has 1 heterocycles. The lowest BCUT2D eigenvalue weighted by molar-refractivity contribution is 0.398. The number of benzene rings is 1. The maximum atomic E-state index is 5.94. The van der Waals surface area contributed by atoms with Crippen LogP contribution in [0.1, 0.15) is 26.3 Å². The highest BCUT2D eigenvalue weighted by Gasteiger charge is 2.20. The molecule has 5 heteroatoms. The molecule has 1 aromatic carbocycles. The van der Waals surface area contributed by atoms with Gasteiger partial charge in [0.15, 0.2) is 0 Å². The summed E-state index contributed by atoms with van der Waals surface area (Å²) in [6.45, 7) is 6.43. The van der Waals surface area contributed by atoms with Crippen molar-refractivity contribution >= 4 is 23.2 Å². The van der Waals surface area contributed by atoms with Gasteiger partial charge in [-0.15, -0.1) is 0 Å². The zero-order valence-corrected chi connectivity index (χ0v) is 15.0. The number of pyridine rings is 1. The Morgan fingerprint density at radius 1 is 1.09 bits per heavy atom. The predicted molar refractivity (Wildman–Crippen MR) is 97.6 cm³/mol. The van der Waals surface area contributed by atoms with Crippen molar-refractivity contribution in [2.75, 3.05) is 19.1 Å². The summed E-state index contributed by atoms with van der Waals surface area (Å²) < 4.78 is 11.1. The number of methoxy groups -OCH3 is 1. The monoisotopic (exact) mass is 330 g/mol. The van der Waals surface area contributed by atoms with E-state index in [1.165, 1.54) is 0 Å². The molecule has 0 saturated heterocycles. The average molecular weight is 330 g/mol. The lowest BCUT2D eigenvalue weighted by Gasteiger charge is -2.25. The molecule has 0 aliphatic heterocycles. The van der Waals surface area contributed by atoms with E-state index >= 15 is 0 Å². The van der Waals surface area contributed by atoms with Crippen LogP contribution in [0.25, 0.3) is 0 Å². The highest BCUT2D eigenvalue weighted by Crippen LogP contribution is 2.31. The standard InChI is InChI=1S/C18H22N2O2S/c1-18(2,3)13-9-6-7-10-14(13)22-17(23)20(4)15-11-8-12-16(19-15)21-5/h6-12H,1-5H3. The van der Waals surface area contributed by atoms with Gasteiger partial charge in [0.25, 0.3) is 5.17 Å². The first kappa shape index (κ1) is 17.2. The van der Waals surface area contributed by atoms with Gasteiger partial charge in [-0.2, -0.15) is 4.98 Å². The average Bonchev–Trinajstić information content (AvgIpc) is 2.53. The minimum absolute atomic E-state index is 0.0288. The zero-order chi connectivity index (χ0) is 17.0. The van der Waals surface area contributed by atoms with Crippen molar-refractivity contribution in [1.29, 1.82) is 0 Å². The maximum absolute atomic E-state index is 5.94. The van der Waals surface area contributed by atoms with Crippen LogP contribution in [0.2, 0.25) is 0 Å². The summed E-state index contributed by atoms with van der Waals surface area (Å²) in [5.41, 5.74) is 1.08. The second kappa shape index (κ2) is 6.96. The molecule has 0 unspecified atom stereocenters. The van der Waals surface area contributed by atoms with E-state index < -0.39 is 0 Å². The summed E-state index contributed by atoms with van der Waals surface area (Å²) >= 11 is 5.43. The lowest BCUT2D eigenvalue weighted by Crippen LogP contribution is -2.30. The molecule has 0 aliphatic rings. The second-order valence-electron chi connectivity index (χ2n) is 6.21. The molecule has 2 rings (SSSR count). The maximum Gasteiger partial charge on any atom is 0.270 e. The van der Waals surface area contributed by atoms with E-state index in [0.717, 1.165) is 11.3 Å². The number of para-hydroxylation sites is 1. The molecule has 0 N–H and O–H groups in total. The Morgan fingerprint density at radius 2 is 1.78 bits per heavy atom. The number of anilines is 1. The predicted octanol–water partition coefficient (Wildman–Crippen LogP) is 4.19. The topological polar surface area (TPSA) is 34.6 Å². The molecular weight excluding hydrogens is 308 g/mol. The normalized spacial score (nSPS) is 11.0. The third kappa shape index (κ3) is 4.20. The van der Waals surface area contributed by atoms with Crippen LogP contribution in [0.15, 0.2) is 42.5 Å².